The third-order valence-corrected chi connectivity index (χ3v) is 3.85. The van der Waals surface area contributed by atoms with Crippen LogP contribution in [0.2, 0.25) is 0 Å². The van der Waals surface area contributed by atoms with Gasteiger partial charge in [-0.25, -0.2) is 0 Å². The summed E-state index contributed by atoms with van der Waals surface area (Å²) in [5, 5.41) is 0. The van der Waals surface area contributed by atoms with Gasteiger partial charge in [0.15, 0.2) is 0 Å². The largest absolute Gasteiger partial charge is 0.497 e. The number of hydrogen-bond donors (Lipinski definition) is 1. The Hall–Kier alpha value is -1.10. The number of benzene rings is 1. The van der Waals surface area contributed by atoms with Gasteiger partial charge in [0.05, 0.1) is 20.3 Å². The molecule has 0 spiro atoms. The SMILES string of the molecule is CCC1COCCN1C(CN)c1cccc(OC)c1. The lowest BCUT2D eigenvalue weighted by molar-refractivity contribution is -0.0291. The highest BCUT2D eigenvalue weighted by molar-refractivity contribution is 5.31. The molecule has 106 valence electrons. The van der Waals surface area contributed by atoms with E-state index in [0.29, 0.717) is 12.6 Å². The van der Waals surface area contributed by atoms with Gasteiger partial charge in [0.1, 0.15) is 5.75 Å². The lowest BCUT2D eigenvalue weighted by Gasteiger charge is -2.40. The van der Waals surface area contributed by atoms with Crippen LogP contribution in [-0.2, 0) is 4.74 Å². The quantitative estimate of drug-likeness (QED) is 0.881. The molecule has 2 unspecified atom stereocenters. The molecule has 4 heteroatoms. The standard InChI is InChI=1S/C15H24N2O2/c1-3-13-11-19-8-7-17(13)15(10-16)12-5-4-6-14(9-12)18-2/h4-6,9,13,15H,3,7-8,10-11,16H2,1-2H3. The minimum absolute atomic E-state index is 0.240. The van der Waals surface area contributed by atoms with Crippen LogP contribution < -0.4 is 10.5 Å². The van der Waals surface area contributed by atoms with Gasteiger partial charge in [0.25, 0.3) is 0 Å². The number of nitrogens with zero attached hydrogens (tertiary/aromatic N) is 1. The molecule has 1 aliphatic rings. The topological polar surface area (TPSA) is 47.7 Å². The van der Waals surface area contributed by atoms with Crippen LogP contribution in [-0.4, -0.2) is 44.4 Å². The minimum Gasteiger partial charge on any atom is -0.497 e. The van der Waals surface area contributed by atoms with Gasteiger partial charge < -0.3 is 15.2 Å². The Kier molecular flexibility index (Phi) is 5.19. The van der Waals surface area contributed by atoms with E-state index >= 15 is 0 Å². The Morgan fingerprint density at radius 1 is 1.53 bits per heavy atom. The highest BCUT2D eigenvalue weighted by atomic mass is 16.5. The maximum absolute atomic E-state index is 6.02. The minimum atomic E-state index is 0.240. The van der Waals surface area contributed by atoms with Crippen LogP contribution in [0.4, 0.5) is 0 Å². The highest BCUT2D eigenvalue weighted by Gasteiger charge is 2.28. The first-order valence-corrected chi connectivity index (χ1v) is 6.97. The van der Waals surface area contributed by atoms with E-state index in [1.54, 1.807) is 7.11 Å². The second-order valence-corrected chi connectivity index (χ2v) is 4.90. The van der Waals surface area contributed by atoms with Gasteiger partial charge in [-0.05, 0) is 24.1 Å². The predicted molar refractivity (Wildman–Crippen MR) is 76.4 cm³/mol. The van der Waals surface area contributed by atoms with Crippen LogP contribution in [0.1, 0.15) is 24.9 Å². The van der Waals surface area contributed by atoms with Crippen LogP contribution >= 0.6 is 0 Å². The summed E-state index contributed by atoms with van der Waals surface area (Å²) < 4.78 is 10.9. The van der Waals surface area contributed by atoms with Gasteiger partial charge >= 0.3 is 0 Å². The Bertz CT molecular complexity index is 397. The molecule has 0 aromatic heterocycles. The van der Waals surface area contributed by atoms with Gasteiger partial charge in [0, 0.05) is 25.2 Å². The highest BCUT2D eigenvalue weighted by Crippen LogP contribution is 2.27. The first kappa shape index (κ1) is 14.3. The number of rotatable bonds is 5. The molecule has 2 rings (SSSR count). The van der Waals surface area contributed by atoms with E-state index in [2.05, 4.69) is 24.0 Å². The summed E-state index contributed by atoms with van der Waals surface area (Å²) in [7, 11) is 1.69. The molecule has 0 saturated carbocycles. The number of nitrogens with two attached hydrogens (primary N) is 1. The fourth-order valence-corrected chi connectivity index (χ4v) is 2.74. The molecule has 1 aromatic carbocycles. The summed E-state index contributed by atoms with van der Waals surface area (Å²) in [5.74, 6) is 0.886. The Morgan fingerprint density at radius 2 is 2.37 bits per heavy atom. The van der Waals surface area contributed by atoms with E-state index in [0.717, 1.165) is 31.9 Å². The van der Waals surface area contributed by atoms with Crippen molar-refractivity contribution in [2.75, 3.05) is 33.4 Å². The molecule has 1 heterocycles. The van der Waals surface area contributed by atoms with Gasteiger partial charge in [-0.15, -0.1) is 0 Å². The number of hydrogen-bond acceptors (Lipinski definition) is 4. The average Bonchev–Trinajstić information content (AvgIpc) is 2.49. The van der Waals surface area contributed by atoms with Crippen molar-refractivity contribution in [1.82, 2.24) is 4.90 Å². The van der Waals surface area contributed by atoms with Crippen LogP contribution in [0, 0.1) is 0 Å². The summed E-state index contributed by atoms with van der Waals surface area (Å²) in [5.41, 5.74) is 7.25. The van der Waals surface area contributed by atoms with E-state index in [1.165, 1.54) is 5.56 Å². The van der Waals surface area contributed by atoms with E-state index in [1.807, 2.05) is 12.1 Å². The molecule has 1 aliphatic heterocycles. The summed E-state index contributed by atoms with van der Waals surface area (Å²) in [4.78, 5) is 2.47. The Morgan fingerprint density at radius 3 is 3.05 bits per heavy atom. The first-order chi connectivity index (χ1) is 9.30. The predicted octanol–water partition coefficient (Wildman–Crippen LogP) is 1.81. The molecule has 4 nitrogen and oxygen atoms in total. The molecule has 0 radical (unpaired) electrons. The molecule has 0 amide bonds. The second-order valence-electron chi connectivity index (χ2n) is 4.90. The zero-order chi connectivity index (χ0) is 13.7. The fourth-order valence-electron chi connectivity index (χ4n) is 2.74. The van der Waals surface area contributed by atoms with Crippen molar-refractivity contribution in [1.29, 1.82) is 0 Å². The summed E-state index contributed by atoms with van der Waals surface area (Å²) >= 11 is 0. The molecule has 2 N–H and O–H groups in total. The Labute approximate surface area is 115 Å². The van der Waals surface area contributed by atoms with E-state index < -0.39 is 0 Å². The van der Waals surface area contributed by atoms with E-state index in [4.69, 9.17) is 15.2 Å². The van der Waals surface area contributed by atoms with Crippen LogP contribution in [0.3, 0.4) is 0 Å². The maximum Gasteiger partial charge on any atom is 0.119 e. The lowest BCUT2D eigenvalue weighted by atomic mass is 10.0. The summed E-state index contributed by atoms with van der Waals surface area (Å²) in [6, 6.07) is 8.89. The van der Waals surface area contributed by atoms with Gasteiger partial charge in [0.2, 0.25) is 0 Å². The zero-order valence-electron chi connectivity index (χ0n) is 11.8. The fraction of sp³-hybridized carbons (Fsp3) is 0.600. The molecule has 0 bridgehead atoms. The molecule has 1 saturated heterocycles. The maximum atomic E-state index is 6.02. The van der Waals surface area contributed by atoms with Crippen molar-refractivity contribution < 1.29 is 9.47 Å². The van der Waals surface area contributed by atoms with Crippen molar-refractivity contribution in [3.05, 3.63) is 29.8 Å². The molecule has 19 heavy (non-hydrogen) atoms. The van der Waals surface area contributed by atoms with E-state index in [9.17, 15) is 0 Å². The van der Waals surface area contributed by atoms with Crippen molar-refractivity contribution >= 4 is 0 Å². The van der Waals surface area contributed by atoms with Crippen molar-refractivity contribution in [2.24, 2.45) is 5.73 Å². The monoisotopic (exact) mass is 264 g/mol. The summed E-state index contributed by atoms with van der Waals surface area (Å²) in [6.07, 6.45) is 1.08. The molecule has 2 atom stereocenters. The zero-order valence-corrected chi connectivity index (χ0v) is 11.8. The Balaban J connectivity index is 2.21. The molecular formula is C15H24N2O2. The van der Waals surface area contributed by atoms with E-state index in [-0.39, 0.29) is 6.04 Å². The first-order valence-electron chi connectivity index (χ1n) is 6.97. The molecule has 1 fully saturated rings. The van der Waals surface area contributed by atoms with Crippen LogP contribution in [0.5, 0.6) is 5.75 Å². The van der Waals surface area contributed by atoms with Gasteiger partial charge in [-0.2, -0.15) is 0 Å². The van der Waals surface area contributed by atoms with Crippen LogP contribution in [0.15, 0.2) is 24.3 Å². The smallest absolute Gasteiger partial charge is 0.119 e. The van der Waals surface area contributed by atoms with Crippen molar-refractivity contribution in [2.45, 2.75) is 25.4 Å². The number of methoxy groups -OCH3 is 1. The molecular weight excluding hydrogens is 240 g/mol. The lowest BCUT2D eigenvalue weighted by Crippen LogP contribution is -2.48. The number of morpholine rings is 1. The third kappa shape index (κ3) is 3.26. The van der Waals surface area contributed by atoms with Gasteiger partial charge in [-0.1, -0.05) is 19.1 Å². The second kappa shape index (κ2) is 6.89. The third-order valence-electron chi connectivity index (χ3n) is 3.85. The van der Waals surface area contributed by atoms with Crippen LogP contribution in [0.25, 0.3) is 0 Å². The summed E-state index contributed by atoms with van der Waals surface area (Å²) in [6.45, 7) is 5.35. The van der Waals surface area contributed by atoms with Gasteiger partial charge in [-0.3, -0.25) is 4.90 Å². The normalized spacial score (nSPS) is 22.2. The van der Waals surface area contributed by atoms with Crippen molar-refractivity contribution in [3.8, 4) is 5.75 Å². The molecule has 1 aromatic rings. The number of ether oxygens (including phenoxy) is 2. The van der Waals surface area contributed by atoms with Crippen molar-refractivity contribution in [3.63, 3.8) is 0 Å². The average molecular weight is 264 g/mol. The molecule has 0 aliphatic carbocycles.